The standard InChI is InChI=1S/C13H17BrN2O/c1-3-4-12(15)13(17)16-9(2)10-5-7-11(14)8-6-10/h3,5-9,12H,1,4,15H2,2H3,(H,16,17). The first-order chi connectivity index (χ1) is 8.04. The van der Waals surface area contributed by atoms with Crippen molar-refractivity contribution in [3.05, 3.63) is 47.0 Å². The van der Waals surface area contributed by atoms with E-state index in [9.17, 15) is 4.79 Å². The third kappa shape index (κ3) is 4.32. The summed E-state index contributed by atoms with van der Waals surface area (Å²) in [5.41, 5.74) is 6.74. The summed E-state index contributed by atoms with van der Waals surface area (Å²) in [5.74, 6) is -0.152. The summed E-state index contributed by atoms with van der Waals surface area (Å²) in [5, 5.41) is 2.87. The van der Waals surface area contributed by atoms with Crippen molar-refractivity contribution >= 4 is 21.8 Å². The van der Waals surface area contributed by atoms with Gasteiger partial charge < -0.3 is 11.1 Å². The topological polar surface area (TPSA) is 55.1 Å². The molecule has 0 radical (unpaired) electrons. The van der Waals surface area contributed by atoms with Crippen molar-refractivity contribution in [2.24, 2.45) is 5.73 Å². The Bertz CT molecular complexity index is 389. The van der Waals surface area contributed by atoms with Crippen molar-refractivity contribution in [3.8, 4) is 0 Å². The van der Waals surface area contributed by atoms with Crippen LogP contribution in [0.25, 0.3) is 0 Å². The van der Waals surface area contributed by atoms with Gasteiger partial charge in [0.05, 0.1) is 12.1 Å². The maximum absolute atomic E-state index is 11.7. The lowest BCUT2D eigenvalue weighted by Crippen LogP contribution is -2.41. The van der Waals surface area contributed by atoms with Gasteiger partial charge in [-0.3, -0.25) is 4.79 Å². The number of carbonyl (C=O) groups excluding carboxylic acids is 1. The first-order valence-electron chi connectivity index (χ1n) is 5.47. The second-order valence-electron chi connectivity index (χ2n) is 3.91. The molecule has 0 aromatic heterocycles. The maximum atomic E-state index is 11.7. The average Bonchev–Trinajstić information content (AvgIpc) is 2.30. The fourth-order valence-electron chi connectivity index (χ4n) is 1.44. The third-order valence-corrected chi connectivity index (χ3v) is 3.01. The molecule has 0 bridgehead atoms. The average molecular weight is 297 g/mol. The fraction of sp³-hybridized carbons (Fsp3) is 0.308. The van der Waals surface area contributed by atoms with E-state index in [-0.39, 0.29) is 11.9 Å². The van der Waals surface area contributed by atoms with Crippen molar-refractivity contribution in [2.45, 2.75) is 25.4 Å². The van der Waals surface area contributed by atoms with Crippen LogP contribution in [0.3, 0.4) is 0 Å². The van der Waals surface area contributed by atoms with Gasteiger partial charge in [0.25, 0.3) is 0 Å². The van der Waals surface area contributed by atoms with E-state index < -0.39 is 6.04 Å². The zero-order chi connectivity index (χ0) is 12.8. The minimum atomic E-state index is -0.523. The molecular weight excluding hydrogens is 280 g/mol. The summed E-state index contributed by atoms with van der Waals surface area (Å²) in [6.07, 6.45) is 2.13. The van der Waals surface area contributed by atoms with Crippen LogP contribution >= 0.6 is 15.9 Å². The molecule has 0 saturated carbocycles. The van der Waals surface area contributed by atoms with Crippen LogP contribution in [-0.4, -0.2) is 11.9 Å². The molecule has 0 saturated heterocycles. The molecule has 3 N–H and O–H groups in total. The van der Waals surface area contributed by atoms with Crippen molar-refractivity contribution in [2.75, 3.05) is 0 Å². The minimum absolute atomic E-state index is 0.0496. The highest BCUT2D eigenvalue weighted by Crippen LogP contribution is 2.16. The van der Waals surface area contributed by atoms with Crippen LogP contribution < -0.4 is 11.1 Å². The second kappa shape index (κ2) is 6.57. The van der Waals surface area contributed by atoms with Gasteiger partial charge in [0.2, 0.25) is 5.91 Å². The summed E-state index contributed by atoms with van der Waals surface area (Å²) in [6.45, 7) is 5.50. The largest absolute Gasteiger partial charge is 0.348 e. The lowest BCUT2D eigenvalue weighted by molar-refractivity contribution is -0.122. The third-order valence-electron chi connectivity index (χ3n) is 2.49. The van der Waals surface area contributed by atoms with Crippen LogP contribution in [0.5, 0.6) is 0 Å². The van der Waals surface area contributed by atoms with Crippen molar-refractivity contribution in [1.82, 2.24) is 5.32 Å². The number of nitrogens with one attached hydrogen (secondary N) is 1. The van der Waals surface area contributed by atoms with Gasteiger partial charge in [0.1, 0.15) is 0 Å². The SMILES string of the molecule is C=CCC(N)C(=O)NC(C)c1ccc(Br)cc1. The number of amides is 1. The molecule has 0 aliphatic carbocycles. The Morgan fingerprint density at radius 1 is 1.53 bits per heavy atom. The maximum Gasteiger partial charge on any atom is 0.237 e. The number of carbonyl (C=O) groups is 1. The van der Waals surface area contributed by atoms with Crippen molar-refractivity contribution in [3.63, 3.8) is 0 Å². The van der Waals surface area contributed by atoms with Crippen LogP contribution in [0.4, 0.5) is 0 Å². The molecular formula is C13H17BrN2O. The number of hydrogen-bond acceptors (Lipinski definition) is 2. The highest BCUT2D eigenvalue weighted by molar-refractivity contribution is 9.10. The molecule has 1 rings (SSSR count). The summed E-state index contributed by atoms with van der Waals surface area (Å²) in [7, 11) is 0. The molecule has 0 fully saturated rings. The van der Waals surface area contributed by atoms with Crippen LogP contribution in [0.2, 0.25) is 0 Å². The van der Waals surface area contributed by atoms with E-state index in [0.29, 0.717) is 6.42 Å². The normalized spacial score (nSPS) is 13.8. The molecule has 0 aliphatic heterocycles. The molecule has 17 heavy (non-hydrogen) atoms. The summed E-state index contributed by atoms with van der Waals surface area (Å²) in [4.78, 5) is 11.7. The van der Waals surface area contributed by atoms with Gasteiger partial charge in [-0.25, -0.2) is 0 Å². The lowest BCUT2D eigenvalue weighted by Gasteiger charge is -2.17. The molecule has 1 aromatic carbocycles. The van der Waals surface area contributed by atoms with Gasteiger partial charge in [-0.05, 0) is 31.0 Å². The molecule has 0 heterocycles. The van der Waals surface area contributed by atoms with E-state index in [4.69, 9.17) is 5.73 Å². The molecule has 0 spiro atoms. The van der Waals surface area contributed by atoms with Crippen LogP contribution in [0.1, 0.15) is 24.9 Å². The van der Waals surface area contributed by atoms with Crippen molar-refractivity contribution in [1.29, 1.82) is 0 Å². The van der Waals surface area contributed by atoms with E-state index in [0.717, 1.165) is 10.0 Å². The highest BCUT2D eigenvalue weighted by Gasteiger charge is 2.15. The number of hydrogen-bond donors (Lipinski definition) is 2. The molecule has 1 aromatic rings. The Balaban J connectivity index is 2.59. The van der Waals surface area contributed by atoms with Gasteiger partial charge in [-0.1, -0.05) is 34.1 Å². The van der Waals surface area contributed by atoms with Crippen molar-refractivity contribution < 1.29 is 4.79 Å². The smallest absolute Gasteiger partial charge is 0.237 e. The monoisotopic (exact) mass is 296 g/mol. The highest BCUT2D eigenvalue weighted by atomic mass is 79.9. The first-order valence-corrected chi connectivity index (χ1v) is 6.26. The summed E-state index contributed by atoms with van der Waals surface area (Å²) < 4.78 is 1.02. The first kappa shape index (κ1) is 13.9. The van der Waals surface area contributed by atoms with E-state index in [1.807, 2.05) is 31.2 Å². The Labute approximate surface area is 110 Å². The zero-order valence-corrected chi connectivity index (χ0v) is 11.4. The Morgan fingerprint density at radius 2 is 2.12 bits per heavy atom. The zero-order valence-electron chi connectivity index (χ0n) is 9.82. The number of halogens is 1. The second-order valence-corrected chi connectivity index (χ2v) is 4.83. The van der Waals surface area contributed by atoms with E-state index in [1.165, 1.54) is 0 Å². The van der Waals surface area contributed by atoms with E-state index >= 15 is 0 Å². The van der Waals surface area contributed by atoms with E-state index in [1.54, 1.807) is 6.08 Å². The Morgan fingerprint density at radius 3 is 2.65 bits per heavy atom. The molecule has 0 aliphatic rings. The number of benzene rings is 1. The minimum Gasteiger partial charge on any atom is -0.348 e. The van der Waals surface area contributed by atoms with Gasteiger partial charge in [0.15, 0.2) is 0 Å². The molecule has 1 amide bonds. The predicted octanol–water partition coefficient (Wildman–Crippen LogP) is 2.53. The van der Waals surface area contributed by atoms with Crippen LogP contribution in [0, 0.1) is 0 Å². The predicted molar refractivity (Wildman–Crippen MR) is 73.5 cm³/mol. The van der Waals surface area contributed by atoms with Gasteiger partial charge >= 0.3 is 0 Å². The van der Waals surface area contributed by atoms with Gasteiger partial charge in [0, 0.05) is 4.47 Å². The molecule has 2 unspecified atom stereocenters. The van der Waals surface area contributed by atoms with Gasteiger partial charge in [-0.2, -0.15) is 0 Å². The molecule has 4 heteroatoms. The Kier molecular flexibility index (Phi) is 5.38. The number of rotatable bonds is 5. The molecule has 2 atom stereocenters. The summed E-state index contributed by atoms with van der Waals surface area (Å²) >= 11 is 3.37. The quantitative estimate of drug-likeness (QED) is 0.821. The van der Waals surface area contributed by atoms with Crippen LogP contribution in [0.15, 0.2) is 41.4 Å². The molecule has 92 valence electrons. The van der Waals surface area contributed by atoms with Gasteiger partial charge in [-0.15, -0.1) is 6.58 Å². The van der Waals surface area contributed by atoms with E-state index in [2.05, 4.69) is 27.8 Å². The summed E-state index contributed by atoms with van der Waals surface area (Å²) in [6, 6.07) is 7.25. The van der Waals surface area contributed by atoms with Crippen LogP contribution in [-0.2, 0) is 4.79 Å². The lowest BCUT2D eigenvalue weighted by atomic mass is 10.1. The fourth-order valence-corrected chi connectivity index (χ4v) is 1.71. The number of nitrogens with two attached hydrogens (primary N) is 1. The molecule has 3 nitrogen and oxygen atoms in total. The Hall–Kier alpha value is -1.13.